The number of nitrogens with zero attached hydrogens (tertiary/aromatic N) is 4. The summed E-state index contributed by atoms with van der Waals surface area (Å²) in [4.78, 5) is 18.1. The van der Waals surface area contributed by atoms with Crippen LogP contribution in [0.15, 0.2) is 72.9 Å². The van der Waals surface area contributed by atoms with Gasteiger partial charge in [0.1, 0.15) is 17.3 Å². The second kappa shape index (κ2) is 9.62. The summed E-state index contributed by atoms with van der Waals surface area (Å²) in [5.74, 6) is 0.0609. The Morgan fingerprint density at radius 2 is 1.86 bits per heavy atom. The number of methoxy groups -OCH3 is 1. The molecule has 188 valence electrons. The van der Waals surface area contributed by atoms with Crippen molar-refractivity contribution in [2.45, 2.75) is 25.9 Å². The maximum Gasteiger partial charge on any atom is 0.296 e. The van der Waals surface area contributed by atoms with Crippen LogP contribution < -0.4 is 15.0 Å². The highest BCUT2D eigenvalue weighted by atomic mass is 32.1. The van der Waals surface area contributed by atoms with E-state index in [9.17, 15) is 14.5 Å². The molecule has 1 saturated heterocycles. The van der Waals surface area contributed by atoms with Gasteiger partial charge in [0, 0.05) is 23.3 Å². The SMILES string of the molecule is COc1ccc(-n2c(C)cc([C@H]3[C@@H](c4ccccn4)NC(=S)N3c3ccc(F)cc3)c2C)c([N+](=O)[O-])c1. The van der Waals surface area contributed by atoms with E-state index in [4.69, 9.17) is 17.0 Å². The number of nitro benzene ring substituents is 1. The Labute approximate surface area is 218 Å². The van der Waals surface area contributed by atoms with Crippen LogP contribution in [0.4, 0.5) is 15.8 Å². The van der Waals surface area contributed by atoms with Crippen LogP contribution in [0.25, 0.3) is 5.69 Å². The van der Waals surface area contributed by atoms with Gasteiger partial charge in [-0.3, -0.25) is 15.1 Å². The second-order valence-electron chi connectivity index (χ2n) is 8.75. The first kappa shape index (κ1) is 24.4. The summed E-state index contributed by atoms with van der Waals surface area (Å²) >= 11 is 5.75. The van der Waals surface area contributed by atoms with Gasteiger partial charge < -0.3 is 19.5 Å². The highest BCUT2D eigenvalue weighted by Crippen LogP contribution is 2.44. The fraction of sp³-hybridized carbons (Fsp3) is 0.185. The van der Waals surface area contributed by atoms with Gasteiger partial charge in [0.2, 0.25) is 0 Å². The van der Waals surface area contributed by atoms with E-state index < -0.39 is 4.92 Å². The molecular weight excluding hydrogens is 493 g/mol. The van der Waals surface area contributed by atoms with Gasteiger partial charge in [-0.15, -0.1) is 0 Å². The molecule has 2 aromatic carbocycles. The number of ether oxygens (including phenoxy) is 1. The third-order valence-corrected chi connectivity index (χ3v) is 6.93. The van der Waals surface area contributed by atoms with Crippen LogP contribution in [0.5, 0.6) is 5.75 Å². The Bertz CT molecular complexity index is 1490. The first-order valence-electron chi connectivity index (χ1n) is 11.6. The van der Waals surface area contributed by atoms with Gasteiger partial charge in [-0.25, -0.2) is 4.39 Å². The van der Waals surface area contributed by atoms with E-state index in [-0.39, 0.29) is 23.6 Å². The summed E-state index contributed by atoms with van der Waals surface area (Å²) in [6.45, 7) is 3.83. The molecule has 37 heavy (non-hydrogen) atoms. The van der Waals surface area contributed by atoms with E-state index in [1.54, 1.807) is 30.5 Å². The summed E-state index contributed by atoms with van der Waals surface area (Å²) in [5, 5.41) is 15.8. The van der Waals surface area contributed by atoms with Crippen molar-refractivity contribution in [3.8, 4) is 11.4 Å². The Kier molecular flexibility index (Phi) is 6.34. The lowest BCUT2D eigenvalue weighted by Crippen LogP contribution is -2.29. The average molecular weight is 518 g/mol. The van der Waals surface area contributed by atoms with Crippen LogP contribution in [0.3, 0.4) is 0 Å². The number of halogens is 1. The predicted molar refractivity (Wildman–Crippen MR) is 143 cm³/mol. The predicted octanol–water partition coefficient (Wildman–Crippen LogP) is 5.72. The maximum atomic E-state index is 13.8. The minimum atomic E-state index is -0.413. The number of aryl methyl sites for hydroxylation is 1. The van der Waals surface area contributed by atoms with Gasteiger partial charge in [0.15, 0.2) is 5.11 Å². The number of pyridine rings is 1. The maximum absolute atomic E-state index is 13.8. The van der Waals surface area contributed by atoms with Crippen molar-refractivity contribution >= 4 is 28.7 Å². The standard InChI is InChI=1S/C27H24FN5O3S/c1-16-14-21(17(2)31(16)23-12-11-20(36-3)15-24(23)33(34)35)26-25(22-6-4-5-13-29-22)30-27(37)32(26)19-9-7-18(28)8-10-19/h4-15,25-26H,1-3H3,(H,30,37)/t25-,26+/m1/s1. The van der Waals surface area contributed by atoms with Crippen LogP contribution in [-0.4, -0.2) is 26.7 Å². The zero-order valence-corrected chi connectivity index (χ0v) is 21.2. The van der Waals surface area contributed by atoms with Crippen molar-refractivity contribution < 1.29 is 14.1 Å². The molecule has 1 aliphatic heterocycles. The van der Waals surface area contributed by atoms with Gasteiger partial charge >= 0.3 is 0 Å². The quantitative estimate of drug-likeness (QED) is 0.199. The Morgan fingerprint density at radius 3 is 2.51 bits per heavy atom. The number of anilines is 1. The number of benzene rings is 2. The molecule has 4 aromatic rings. The van der Waals surface area contributed by atoms with Crippen LogP contribution in [0.2, 0.25) is 0 Å². The molecule has 0 saturated carbocycles. The molecule has 10 heteroatoms. The summed E-state index contributed by atoms with van der Waals surface area (Å²) in [7, 11) is 1.47. The second-order valence-corrected chi connectivity index (χ2v) is 9.13. The molecule has 8 nitrogen and oxygen atoms in total. The number of aromatic nitrogens is 2. The number of hydrogen-bond donors (Lipinski definition) is 1. The molecule has 0 spiro atoms. The number of thiocarbonyl (C=S) groups is 1. The van der Waals surface area contributed by atoms with E-state index in [1.807, 2.05) is 47.6 Å². The number of hydrogen-bond acceptors (Lipinski definition) is 5. The fourth-order valence-electron chi connectivity index (χ4n) is 4.97. The van der Waals surface area contributed by atoms with Crippen LogP contribution in [0, 0.1) is 29.8 Å². The molecule has 0 radical (unpaired) electrons. The molecule has 0 bridgehead atoms. The van der Waals surface area contributed by atoms with Crippen molar-refractivity contribution in [2.75, 3.05) is 12.0 Å². The lowest BCUT2D eigenvalue weighted by molar-refractivity contribution is -0.384. The number of nitrogens with one attached hydrogen (secondary N) is 1. The van der Waals surface area contributed by atoms with Gasteiger partial charge in [-0.05, 0) is 86.2 Å². The van der Waals surface area contributed by atoms with E-state index >= 15 is 0 Å². The normalized spacial score (nSPS) is 17.1. The molecule has 1 fully saturated rings. The van der Waals surface area contributed by atoms with Gasteiger partial charge in [-0.1, -0.05) is 6.07 Å². The molecule has 3 heterocycles. The number of rotatable bonds is 6. The minimum absolute atomic E-state index is 0.0653. The smallest absolute Gasteiger partial charge is 0.296 e. The summed E-state index contributed by atoms with van der Waals surface area (Å²) in [6, 6.07) is 18.0. The largest absolute Gasteiger partial charge is 0.496 e. The van der Waals surface area contributed by atoms with Crippen LogP contribution >= 0.6 is 12.2 Å². The summed E-state index contributed by atoms with van der Waals surface area (Å²) in [6.07, 6.45) is 1.72. The fourth-order valence-corrected chi connectivity index (χ4v) is 5.32. The monoisotopic (exact) mass is 517 g/mol. The van der Waals surface area contributed by atoms with Crippen molar-refractivity contribution in [3.05, 3.63) is 112 Å². The molecule has 2 aromatic heterocycles. The first-order valence-corrected chi connectivity index (χ1v) is 12.0. The third kappa shape index (κ3) is 4.29. The molecule has 1 aliphatic rings. The lowest BCUT2D eigenvalue weighted by atomic mass is 9.96. The molecule has 1 N–H and O–H groups in total. The minimum Gasteiger partial charge on any atom is -0.496 e. The van der Waals surface area contributed by atoms with E-state index in [1.165, 1.54) is 25.3 Å². The highest BCUT2D eigenvalue weighted by molar-refractivity contribution is 7.80. The average Bonchev–Trinajstić information content (AvgIpc) is 3.39. The molecule has 2 atom stereocenters. The van der Waals surface area contributed by atoms with Crippen molar-refractivity contribution in [1.82, 2.24) is 14.9 Å². The van der Waals surface area contributed by atoms with Gasteiger partial charge in [0.05, 0.1) is 35.9 Å². The van der Waals surface area contributed by atoms with Crippen molar-refractivity contribution in [1.29, 1.82) is 0 Å². The Morgan fingerprint density at radius 1 is 1.11 bits per heavy atom. The molecule has 0 amide bonds. The zero-order valence-electron chi connectivity index (χ0n) is 20.4. The van der Waals surface area contributed by atoms with E-state index in [2.05, 4.69) is 10.3 Å². The van der Waals surface area contributed by atoms with Crippen LogP contribution in [-0.2, 0) is 0 Å². The molecular formula is C27H24FN5O3S. The highest BCUT2D eigenvalue weighted by Gasteiger charge is 2.42. The van der Waals surface area contributed by atoms with Crippen molar-refractivity contribution in [2.24, 2.45) is 0 Å². The molecule has 5 rings (SSSR count). The zero-order chi connectivity index (χ0) is 26.3. The van der Waals surface area contributed by atoms with E-state index in [0.29, 0.717) is 16.5 Å². The lowest BCUT2D eigenvalue weighted by Gasteiger charge is -2.28. The molecule has 0 aliphatic carbocycles. The van der Waals surface area contributed by atoms with Gasteiger partial charge in [-0.2, -0.15) is 0 Å². The number of nitro groups is 1. The Balaban J connectivity index is 1.70. The van der Waals surface area contributed by atoms with Crippen LogP contribution in [0.1, 0.15) is 34.7 Å². The third-order valence-electron chi connectivity index (χ3n) is 6.61. The summed E-state index contributed by atoms with van der Waals surface area (Å²) < 4.78 is 20.8. The molecule has 0 unspecified atom stereocenters. The topological polar surface area (TPSA) is 85.5 Å². The van der Waals surface area contributed by atoms with Gasteiger partial charge in [0.25, 0.3) is 5.69 Å². The van der Waals surface area contributed by atoms with E-state index in [0.717, 1.165) is 28.3 Å². The van der Waals surface area contributed by atoms with Crippen molar-refractivity contribution in [3.63, 3.8) is 0 Å². The summed E-state index contributed by atoms with van der Waals surface area (Å²) in [5.41, 5.74) is 4.43. The first-order chi connectivity index (χ1) is 17.8. The Hall–Kier alpha value is -4.31.